The summed E-state index contributed by atoms with van der Waals surface area (Å²) in [4.78, 5) is 14.2. The number of fused-ring (bicyclic) bond motifs is 1. The molecule has 2 saturated heterocycles. The van der Waals surface area contributed by atoms with Gasteiger partial charge in [-0.3, -0.25) is 9.69 Å². The number of carbonyl (C=O) groups excluding carboxylic acids is 1. The van der Waals surface area contributed by atoms with E-state index in [1.807, 2.05) is 0 Å². The van der Waals surface area contributed by atoms with Crippen LogP contribution in [0.2, 0.25) is 0 Å². The molecule has 2 heterocycles. The molecule has 4 nitrogen and oxygen atoms in total. The van der Waals surface area contributed by atoms with E-state index in [1.54, 1.807) is 7.05 Å². The Balaban J connectivity index is 0.00000128. The first kappa shape index (κ1) is 13.7. The van der Waals surface area contributed by atoms with E-state index >= 15 is 0 Å². The molecule has 0 spiro atoms. The zero-order valence-electron chi connectivity index (χ0n) is 10.2. The summed E-state index contributed by atoms with van der Waals surface area (Å²) in [6.45, 7) is 6.46. The van der Waals surface area contributed by atoms with Crippen LogP contribution < -0.4 is 10.6 Å². The van der Waals surface area contributed by atoms with Gasteiger partial charge in [0.1, 0.15) is 0 Å². The van der Waals surface area contributed by atoms with E-state index in [4.69, 9.17) is 0 Å². The van der Waals surface area contributed by atoms with E-state index < -0.39 is 0 Å². The fourth-order valence-electron chi connectivity index (χ4n) is 3.10. The highest BCUT2D eigenvalue weighted by Crippen LogP contribution is 2.33. The Kier molecular flexibility index (Phi) is 4.59. The lowest BCUT2D eigenvalue weighted by Gasteiger charge is -2.32. The Bertz CT molecular complexity index is 260. The van der Waals surface area contributed by atoms with Crippen LogP contribution in [0.4, 0.5) is 0 Å². The minimum atomic E-state index is 0. The topological polar surface area (TPSA) is 44.4 Å². The molecule has 94 valence electrons. The monoisotopic (exact) mass is 247 g/mol. The van der Waals surface area contributed by atoms with E-state index in [0.29, 0.717) is 18.0 Å². The summed E-state index contributed by atoms with van der Waals surface area (Å²) >= 11 is 0. The molecule has 0 aromatic carbocycles. The largest absolute Gasteiger partial charge is 0.358 e. The van der Waals surface area contributed by atoms with Crippen molar-refractivity contribution in [3.8, 4) is 0 Å². The summed E-state index contributed by atoms with van der Waals surface area (Å²) in [6.07, 6.45) is 1.01. The molecule has 0 aliphatic carbocycles. The molecule has 0 aromatic heterocycles. The smallest absolute Gasteiger partial charge is 0.237 e. The Hall–Kier alpha value is -0.320. The molecule has 2 aliphatic heterocycles. The Morgan fingerprint density at radius 1 is 1.44 bits per heavy atom. The fraction of sp³-hybridized carbons (Fsp3) is 0.909. The maximum Gasteiger partial charge on any atom is 0.237 e. The average molecular weight is 248 g/mol. The van der Waals surface area contributed by atoms with Gasteiger partial charge < -0.3 is 10.6 Å². The van der Waals surface area contributed by atoms with Crippen LogP contribution in [0.25, 0.3) is 0 Å². The van der Waals surface area contributed by atoms with Gasteiger partial charge in [-0.2, -0.15) is 0 Å². The minimum Gasteiger partial charge on any atom is -0.358 e. The summed E-state index contributed by atoms with van der Waals surface area (Å²) < 4.78 is 0. The van der Waals surface area contributed by atoms with E-state index in [2.05, 4.69) is 29.4 Å². The summed E-state index contributed by atoms with van der Waals surface area (Å²) in [6, 6.07) is 1.10. The lowest BCUT2D eigenvalue weighted by Crippen LogP contribution is -2.49. The number of rotatable bonds is 2. The number of hydrogen-bond acceptors (Lipinski definition) is 3. The van der Waals surface area contributed by atoms with Crippen LogP contribution in [0.1, 0.15) is 20.3 Å². The highest BCUT2D eigenvalue weighted by atomic mass is 35.5. The van der Waals surface area contributed by atoms with Crippen LogP contribution in [0, 0.1) is 5.92 Å². The van der Waals surface area contributed by atoms with E-state index in [9.17, 15) is 4.79 Å². The van der Waals surface area contributed by atoms with Gasteiger partial charge in [-0.15, -0.1) is 12.4 Å². The number of likely N-dealkylation sites (tertiary alicyclic amines) is 1. The molecule has 0 bridgehead atoms. The third-order valence-electron chi connectivity index (χ3n) is 3.72. The molecule has 5 heteroatoms. The molecule has 0 aromatic rings. The summed E-state index contributed by atoms with van der Waals surface area (Å²) in [5, 5.41) is 6.19. The SMILES string of the molecule is CNC(=O)[C@@H]1C[C@H]2CNC[C@H]2N1C(C)C.Cl. The van der Waals surface area contributed by atoms with Crippen molar-refractivity contribution in [1.29, 1.82) is 0 Å². The van der Waals surface area contributed by atoms with Crippen molar-refractivity contribution in [3.05, 3.63) is 0 Å². The van der Waals surface area contributed by atoms with Gasteiger partial charge in [-0.05, 0) is 32.7 Å². The molecular formula is C11H22ClN3O. The van der Waals surface area contributed by atoms with Gasteiger partial charge in [0.15, 0.2) is 0 Å². The van der Waals surface area contributed by atoms with E-state index in [0.717, 1.165) is 19.5 Å². The number of carbonyl (C=O) groups is 1. The van der Waals surface area contributed by atoms with Gasteiger partial charge in [0.25, 0.3) is 0 Å². The van der Waals surface area contributed by atoms with Gasteiger partial charge in [0.2, 0.25) is 5.91 Å². The minimum absolute atomic E-state index is 0. The predicted molar refractivity (Wildman–Crippen MR) is 66.8 cm³/mol. The molecule has 2 aliphatic rings. The molecule has 2 N–H and O–H groups in total. The molecule has 0 saturated carbocycles. The average Bonchev–Trinajstić information content (AvgIpc) is 2.73. The van der Waals surface area contributed by atoms with Crippen molar-refractivity contribution in [2.24, 2.45) is 5.92 Å². The predicted octanol–water partition coefficient (Wildman–Crippen LogP) is 0.225. The van der Waals surface area contributed by atoms with Gasteiger partial charge >= 0.3 is 0 Å². The number of likely N-dealkylation sites (N-methyl/N-ethyl adjacent to an activating group) is 1. The number of nitrogens with one attached hydrogen (secondary N) is 2. The van der Waals surface area contributed by atoms with Crippen LogP contribution in [0.15, 0.2) is 0 Å². The number of halogens is 1. The van der Waals surface area contributed by atoms with Crippen LogP contribution in [-0.2, 0) is 4.79 Å². The third-order valence-corrected chi connectivity index (χ3v) is 3.72. The molecule has 2 rings (SSSR count). The molecule has 16 heavy (non-hydrogen) atoms. The van der Waals surface area contributed by atoms with Crippen LogP contribution in [-0.4, -0.2) is 49.1 Å². The van der Waals surface area contributed by atoms with Crippen molar-refractivity contribution in [2.75, 3.05) is 20.1 Å². The second-order valence-electron chi connectivity index (χ2n) is 4.89. The zero-order chi connectivity index (χ0) is 11.0. The van der Waals surface area contributed by atoms with Gasteiger partial charge in [-0.1, -0.05) is 0 Å². The van der Waals surface area contributed by atoms with Crippen LogP contribution in [0.3, 0.4) is 0 Å². The quantitative estimate of drug-likeness (QED) is 0.734. The first-order valence-electron chi connectivity index (χ1n) is 5.85. The third kappa shape index (κ3) is 2.19. The second kappa shape index (κ2) is 5.34. The maximum absolute atomic E-state index is 11.8. The Morgan fingerprint density at radius 2 is 2.12 bits per heavy atom. The van der Waals surface area contributed by atoms with Crippen LogP contribution >= 0.6 is 12.4 Å². The molecular weight excluding hydrogens is 226 g/mol. The normalized spacial score (nSPS) is 33.6. The summed E-state index contributed by atoms with van der Waals surface area (Å²) in [5.74, 6) is 0.841. The zero-order valence-corrected chi connectivity index (χ0v) is 11.0. The molecule has 2 fully saturated rings. The van der Waals surface area contributed by atoms with Gasteiger partial charge in [0, 0.05) is 25.7 Å². The molecule has 1 amide bonds. The first-order valence-corrected chi connectivity index (χ1v) is 5.85. The van der Waals surface area contributed by atoms with E-state index in [-0.39, 0.29) is 24.4 Å². The standard InChI is InChI=1S/C11H21N3O.ClH/c1-7(2)14-9(11(15)12-3)4-8-5-13-6-10(8)14;/h7-10,13H,4-6H2,1-3H3,(H,12,15);1H/t8-,9-,10+;/m0./s1. The highest BCUT2D eigenvalue weighted by Gasteiger charge is 2.46. The second-order valence-corrected chi connectivity index (χ2v) is 4.89. The van der Waals surface area contributed by atoms with Crippen molar-refractivity contribution < 1.29 is 4.79 Å². The number of hydrogen-bond donors (Lipinski definition) is 2. The maximum atomic E-state index is 11.8. The highest BCUT2D eigenvalue weighted by molar-refractivity contribution is 5.85. The van der Waals surface area contributed by atoms with Crippen molar-refractivity contribution in [1.82, 2.24) is 15.5 Å². The fourth-order valence-corrected chi connectivity index (χ4v) is 3.10. The Morgan fingerprint density at radius 3 is 2.69 bits per heavy atom. The lowest BCUT2D eigenvalue weighted by atomic mass is 10.0. The summed E-state index contributed by atoms with van der Waals surface area (Å²) in [5.41, 5.74) is 0. The number of nitrogens with zero attached hydrogens (tertiary/aromatic N) is 1. The van der Waals surface area contributed by atoms with Crippen LogP contribution in [0.5, 0.6) is 0 Å². The number of amides is 1. The summed E-state index contributed by atoms with van der Waals surface area (Å²) in [7, 11) is 1.73. The van der Waals surface area contributed by atoms with Gasteiger partial charge in [0.05, 0.1) is 6.04 Å². The first-order chi connectivity index (χ1) is 7.15. The van der Waals surface area contributed by atoms with E-state index in [1.165, 1.54) is 0 Å². The Labute approximate surface area is 104 Å². The molecule has 0 unspecified atom stereocenters. The van der Waals surface area contributed by atoms with Crippen molar-refractivity contribution in [2.45, 2.75) is 38.4 Å². The van der Waals surface area contributed by atoms with Crippen molar-refractivity contribution >= 4 is 18.3 Å². The molecule has 0 radical (unpaired) electrons. The van der Waals surface area contributed by atoms with Crippen molar-refractivity contribution in [3.63, 3.8) is 0 Å². The lowest BCUT2D eigenvalue weighted by molar-refractivity contribution is -0.126. The van der Waals surface area contributed by atoms with Gasteiger partial charge in [-0.25, -0.2) is 0 Å². The molecule has 3 atom stereocenters.